The number of nitrogens with one attached hydrogen (secondary N) is 1. The summed E-state index contributed by atoms with van der Waals surface area (Å²) in [7, 11) is 0. The number of fused-ring (bicyclic) bond motifs is 1. The number of alkyl carbamates (subject to hydrolysis) is 1. The topological polar surface area (TPSA) is 142 Å². The predicted molar refractivity (Wildman–Crippen MR) is 128 cm³/mol. The molecule has 0 aliphatic rings. The number of rotatable bonds is 10. The average Bonchev–Trinajstić information content (AvgIpc) is 2.74. The lowest BCUT2D eigenvalue weighted by Crippen LogP contribution is -2.33. The third-order valence-electron chi connectivity index (χ3n) is 5.19. The molecule has 0 bridgehead atoms. The van der Waals surface area contributed by atoms with Gasteiger partial charge in [-0.2, -0.15) is 0 Å². The number of phenols is 2. The number of hydrogen-bond donors (Lipinski definition) is 3. The van der Waals surface area contributed by atoms with E-state index in [1.165, 1.54) is 24.3 Å². The second-order valence-corrected chi connectivity index (χ2v) is 9.01. The lowest BCUT2D eigenvalue weighted by atomic mass is 10.0. The van der Waals surface area contributed by atoms with Crippen molar-refractivity contribution in [3.05, 3.63) is 39.9 Å². The summed E-state index contributed by atoms with van der Waals surface area (Å²) in [4.78, 5) is 36.8. The van der Waals surface area contributed by atoms with Crippen molar-refractivity contribution in [2.75, 3.05) is 19.6 Å². The van der Waals surface area contributed by atoms with Crippen molar-refractivity contribution < 1.29 is 29.5 Å². The predicted octanol–water partition coefficient (Wildman–Crippen LogP) is 4.71. The first-order chi connectivity index (χ1) is 15.9. The second kappa shape index (κ2) is 11.5. The van der Waals surface area contributed by atoms with E-state index in [9.17, 15) is 29.9 Å². The molecule has 0 aliphatic carbocycles. The molecule has 2 amide bonds. The molecule has 10 heteroatoms. The smallest absolute Gasteiger partial charge is 0.407 e. The highest BCUT2D eigenvalue weighted by Gasteiger charge is 2.23. The summed E-state index contributed by atoms with van der Waals surface area (Å²) in [5.41, 5.74) is -0.778. The van der Waals surface area contributed by atoms with Crippen molar-refractivity contribution in [1.82, 2.24) is 10.2 Å². The van der Waals surface area contributed by atoms with Gasteiger partial charge in [0.2, 0.25) is 5.75 Å². The van der Waals surface area contributed by atoms with Crippen LogP contribution in [0.2, 0.25) is 0 Å². The third kappa shape index (κ3) is 7.23. The molecule has 2 aromatic carbocycles. The van der Waals surface area contributed by atoms with E-state index in [0.29, 0.717) is 30.6 Å². The Morgan fingerprint density at radius 2 is 1.79 bits per heavy atom. The minimum absolute atomic E-state index is 0.139. The first kappa shape index (κ1) is 26.7. The van der Waals surface area contributed by atoms with Crippen LogP contribution in [0.4, 0.5) is 10.5 Å². The molecule has 186 valence electrons. The van der Waals surface area contributed by atoms with Crippen LogP contribution in [0.3, 0.4) is 0 Å². The van der Waals surface area contributed by atoms with Crippen LogP contribution in [-0.4, -0.2) is 57.3 Å². The van der Waals surface area contributed by atoms with Gasteiger partial charge < -0.3 is 25.2 Å². The number of nitrogens with zero attached hydrogens (tertiary/aromatic N) is 2. The molecule has 0 radical (unpaired) electrons. The number of unbranched alkanes of at least 4 members (excludes halogenated alkanes) is 3. The van der Waals surface area contributed by atoms with Crippen LogP contribution >= 0.6 is 0 Å². The highest BCUT2D eigenvalue weighted by Crippen LogP contribution is 2.41. The molecular formula is C24H33N3O7. The van der Waals surface area contributed by atoms with Gasteiger partial charge in [0, 0.05) is 25.2 Å². The van der Waals surface area contributed by atoms with Gasteiger partial charge in [0.1, 0.15) is 5.60 Å². The molecule has 0 atom stereocenters. The first-order valence-electron chi connectivity index (χ1n) is 11.3. The molecule has 10 nitrogen and oxygen atoms in total. The minimum Gasteiger partial charge on any atom is -0.504 e. The number of aromatic hydroxyl groups is 2. The van der Waals surface area contributed by atoms with Gasteiger partial charge in [-0.3, -0.25) is 14.9 Å². The summed E-state index contributed by atoms with van der Waals surface area (Å²) in [5, 5.41) is 34.1. The van der Waals surface area contributed by atoms with Crippen LogP contribution in [0, 0.1) is 10.1 Å². The summed E-state index contributed by atoms with van der Waals surface area (Å²) in [6.07, 6.45) is 2.94. The monoisotopic (exact) mass is 475 g/mol. The zero-order valence-electron chi connectivity index (χ0n) is 20.1. The van der Waals surface area contributed by atoms with Crippen molar-refractivity contribution in [2.45, 2.75) is 59.0 Å². The highest BCUT2D eigenvalue weighted by atomic mass is 16.6. The Morgan fingerprint density at radius 3 is 2.41 bits per heavy atom. The fraction of sp³-hybridized carbons (Fsp3) is 0.500. The van der Waals surface area contributed by atoms with E-state index in [2.05, 4.69) is 5.32 Å². The van der Waals surface area contributed by atoms with Crippen LogP contribution in [0.1, 0.15) is 63.7 Å². The minimum atomic E-state index is -0.798. The van der Waals surface area contributed by atoms with E-state index in [-0.39, 0.29) is 11.3 Å². The average molecular weight is 476 g/mol. The Hall–Kier alpha value is -3.56. The van der Waals surface area contributed by atoms with E-state index in [0.717, 1.165) is 25.7 Å². The highest BCUT2D eigenvalue weighted by molar-refractivity contribution is 6.02. The molecule has 0 saturated carbocycles. The van der Waals surface area contributed by atoms with E-state index < -0.39 is 33.8 Å². The molecule has 2 rings (SSSR count). The van der Waals surface area contributed by atoms with Crippen LogP contribution in [0.25, 0.3) is 10.8 Å². The van der Waals surface area contributed by atoms with Crippen LogP contribution in [-0.2, 0) is 4.74 Å². The van der Waals surface area contributed by atoms with Gasteiger partial charge in [0.15, 0.2) is 5.75 Å². The van der Waals surface area contributed by atoms with Crippen molar-refractivity contribution in [2.24, 2.45) is 0 Å². The number of carbonyl (C=O) groups excluding carboxylic acids is 2. The van der Waals surface area contributed by atoms with E-state index in [4.69, 9.17) is 4.74 Å². The third-order valence-corrected chi connectivity index (χ3v) is 5.19. The van der Waals surface area contributed by atoms with E-state index in [1.54, 1.807) is 4.90 Å². The maximum atomic E-state index is 13.0. The van der Waals surface area contributed by atoms with E-state index in [1.807, 2.05) is 27.7 Å². The Kier molecular flexibility index (Phi) is 9.05. The first-order valence-corrected chi connectivity index (χ1v) is 11.3. The molecule has 0 aliphatic heterocycles. The van der Waals surface area contributed by atoms with Gasteiger partial charge in [-0.15, -0.1) is 0 Å². The molecular weight excluding hydrogens is 442 g/mol. The Balaban J connectivity index is 1.90. The number of hydrogen-bond acceptors (Lipinski definition) is 7. The van der Waals surface area contributed by atoms with Gasteiger partial charge in [-0.25, -0.2) is 4.79 Å². The number of carbonyl (C=O) groups is 2. The summed E-state index contributed by atoms with van der Waals surface area (Å²) in [5.74, 6) is -1.63. The number of phenolic OH excluding ortho intramolecular Hbond substituents is 2. The normalized spacial score (nSPS) is 11.3. The molecule has 34 heavy (non-hydrogen) atoms. The number of nitro benzene ring substituents is 1. The molecule has 0 fully saturated rings. The fourth-order valence-corrected chi connectivity index (χ4v) is 3.55. The zero-order valence-corrected chi connectivity index (χ0v) is 20.1. The Morgan fingerprint density at radius 1 is 1.12 bits per heavy atom. The van der Waals surface area contributed by atoms with Gasteiger partial charge in [0.25, 0.3) is 5.91 Å². The largest absolute Gasteiger partial charge is 0.504 e. The van der Waals surface area contributed by atoms with Crippen LogP contribution in [0.5, 0.6) is 11.5 Å². The molecule has 2 aromatic rings. The van der Waals surface area contributed by atoms with Crippen molar-refractivity contribution in [3.63, 3.8) is 0 Å². The second-order valence-electron chi connectivity index (χ2n) is 9.01. The molecule has 0 aromatic heterocycles. The lowest BCUT2D eigenvalue weighted by Gasteiger charge is -2.21. The van der Waals surface area contributed by atoms with Gasteiger partial charge in [-0.05, 0) is 70.2 Å². The summed E-state index contributed by atoms with van der Waals surface area (Å²) < 4.78 is 5.18. The summed E-state index contributed by atoms with van der Waals surface area (Å²) in [6, 6.07) is 5.58. The van der Waals surface area contributed by atoms with Gasteiger partial charge in [-0.1, -0.05) is 12.8 Å². The molecule has 3 N–H and O–H groups in total. The molecule has 0 saturated heterocycles. The van der Waals surface area contributed by atoms with Crippen molar-refractivity contribution in [3.8, 4) is 11.5 Å². The molecule has 0 heterocycles. The van der Waals surface area contributed by atoms with Gasteiger partial charge in [0.05, 0.1) is 10.3 Å². The van der Waals surface area contributed by atoms with Crippen LogP contribution < -0.4 is 5.32 Å². The Labute approximate surface area is 198 Å². The zero-order chi connectivity index (χ0) is 25.5. The number of ether oxygens (including phenoxy) is 1. The lowest BCUT2D eigenvalue weighted by molar-refractivity contribution is -0.384. The standard InChI is InChI=1S/C24H33N3O7/c1-5-26(13-9-7-6-8-12-25-23(31)34-24(2,3)4)22(30)16-10-11-18-17(14-16)15-19(28)21(29)20(18)27(32)33/h10-11,14-15,28-29H,5-9,12-13H2,1-4H3,(H,25,31). The maximum Gasteiger partial charge on any atom is 0.407 e. The maximum absolute atomic E-state index is 13.0. The number of amides is 2. The SMILES string of the molecule is CCN(CCCCCCNC(=O)OC(C)(C)C)C(=O)c1ccc2c([N+](=O)[O-])c(O)c(O)cc2c1. The quantitative estimate of drug-likeness (QED) is 0.195. The van der Waals surface area contributed by atoms with Crippen molar-refractivity contribution >= 4 is 28.5 Å². The number of benzene rings is 2. The molecule has 0 unspecified atom stereocenters. The fourth-order valence-electron chi connectivity index (χ4n) is 3.55. The van der Waals surface area contributed by atoms with Crippen molar-refractivity contribution in [1.29, 1.82) is 0 Å². The van der Waals surface area contributed by atoms with E-state index >= 15 is 0 Å². The summed E-state index contributed by atoms with van der Waals surface area (Å²) >= 11 is 0. The molecule has 0 spiro atoms. The van der Waals surface area contributed by atoms with Gasteiger partial charge >= 0.3 is 11.8 Å². The Bertz CT molecular complexity index is 1050. The van der Waals surface area contributed by atoms with Crippen LogP contribution in [0.15, 0.2) is 24.3 Å². The summed E-state index contributed by atoms with van der Waals surface area (Å²) in [6.45, 7) is 8.87. The number of nitro groups is 1.